The molecule has 566 valence electrons. The fourth-order valence-electron chi connectivity index (χ4n) is 16.6. The Morgan fingerprint density at radius 3 is 1.93 bits per heavy atom. The van der Waals surface area contributed by atoms with Gasteiger partial charge in [-0.25, -0.2) is 4.68 Å². The second kappa shape index (κ2) is 36.4. The molecule has 0 saturated heterocycles. The number of para-hydroxylation sites is 3. The standard InChI is InChI=1S/C23H23N2S.C18H20N3O.C16H19N2.C15H20N3O.C15H9N2O.2Ir.Ni.Pt/c1-16(23(2)11-5-6-12-23)17-9-10-19-21(15-26-22(19)13-17)25-20-8-4-3-7-18(20)14-24-25;1-18(8-3-2-4-9-18)13-17-20-15-7-6-14(12-16(15)22-17)21-11-5-10-19-21;1-16(10-5-6-11-16)13-15-9-12-17-18(15)14-7-3-2-4-8-14;1-2-15(7-4-3-5-8-15)10-13-6-9-17-18(13)14-11-19-12-16-14;1-2-8-14-11(5-1)12-6-3-7-13(15(12)18-14)17-10-4-9-16-17;;;;/h3-4,7-10,13-14,16H,5-6,11-12H2,1-2H3;5,7,10-12H,2-4,8-9,13H2,1H3;2-4,7,9,12H,5-6,10-11,13H2,1H3;6,9,12H,2-5,7-8,10H2,1H3;1-6,8-10H;;;;/q5*-1;;;;. The maximum absolute atomic E-state index is 6.00. The molecule has 0 aliphatic heterocycles. The van der Waals surface area contributed by atoms with Crippen molar-refractivity contribution >= 4 is 65.4 Å². The summed E-state index contributed by atoms with van der Waals surface area (Å²) >= 11 is 1.71. The maximum Gasteiger partial charge on any atom is 0.180 e. The van der Waals surface area contributed by atoms with Crippen LogP contribution in [0.4, 0.5) is 0 Å². The van der Waals surface area contributed by atoms with E-state index in [9.17, 15) is 0 Å². The van der Waals surface area contributed by atoms with Crippen LogP contribution in [0.3, 0.4) is 0 Å². The number of benzene rings is 6. The molecular formula is C87H91Ir2N12NiO3PtS-5. The number of nitrogens with zero attached hydrogens (tertiary/aromatic N) is 12. The average molecular weight is 2020 g/mol. The fraction of sp³-hybridized carbons (Fsp3) is 0.368. The van der Waals surface area contributed by atoms with Crippen molar-refractivity contribution in [1.29, 1.82) is 0 Å². The Morgan fingerprint density at radius 2 is 1.22 bits per heavy atom. The maximum atomic E-state index is 6.00. The molecule has 1 atom stereocenters. The summed E-state index contributed by atoms with van der Waals surface area (Å²) in [7, 11) is 0. The molecule has 6 aromatic carbocycles. The average Bonchev–Trinajstić information content (AvgIpc) is 1.64. The zero-order valence-corrected chi connectivity index (χ0v) is 70.2. The molecule has 9 aromatic heterocycles. The smallest absolute Gasteiger partial charge is 0.180 e. The molecule has 4 aliphatic rings. The number of furan rings is 1. The monoisotopic (exact) mass is 2020 g/mol. The molecule has 0 spiro atoms. The van der Waals surface area contributed by atoms with E-state index in [1.165, 1.54) is 161 Å². The van der Waals surface area contributed by atoms with Gasteiger partial charge in [-0.1, -0.05) is 164 Å². The first-order valence-corrected chi connectivity index (χ1v) is 38.1. The number of oxazole rings is 2. The Balaban J connectivity index is 0.000000133. The van der Waals surface area contributed by atoms with Crippen molar-refractivity contribution in [1.82, 2.24) is 58.9 Å². The van der Waals surface area contributed by atoms with Crippen molar-refractivity contribution in [3.8, 4) is 28.6 Å². The predicted molar refractivity (Wildman–Crippen MR) is 409 cm³/mol. The summed E-state index contributed by atoms with van der Waals surface area (Å²) in [4.78, 5) is 8.79. The van der Waals surface area contributed by atoms with Gasteiger partial charge < -0.3 is 18.2 Å². The molecule has 0 bridgehead atoms. The third-order valence-electron chi connectivity index (χ3n) is 22.9. The van der Waals surface area contributed by atoms with Crippen molar-refractivity contribution in [3.63, 3.8) is 0 Å². The van der Waals surface area contributed by atoms with Gasteiger partial charge in [0.1, 0.15) is 5.58 Å². The van der Waals surface area contributed by atoms with Gasteiger partial charge in [0, 0.05) is 161 Å². The summed E-state index contributed by atoms with van der Waals surface area (Å²) < 4.78 is 27.6. The van der Waals surface area contributed by atoms with Gasteiger partial charge in [-0.2, -0.15) is 74.0 Å². The predicted octanol–water partition coefficient (Wildman–Crippen LogP) is 22.0. The van der Waals surface area contributed by atoms with E-state index in [4.69, 9.17) is 13.3 Å². The van der Waals surface area contributed by atoms with Crippen molar-refractivity contribution in [3.05, 3.63) is 242 Å². The number of fused-ring (bicyclic) bond motifs is 6. The van der Waals surface area contributed by atoms with Crippen LogP contribution < -0.4 is 0 Å². The zero-order chi connectivity index (χ0) is 70.2. The fourth-order valence-corrected chi connectivity index (χ4v) is 17.5. The van der Waals surface area contributed by atoms with Crippen LogP contribution in [-0.2, 0) is 97.0 Å². The molecule has 15 nitrogen and oxygen atoms in total. The minimum atomic E-state index is 0. The quantitative estimate of drug-likeness (QED) is 0.0759. The summed E-state index contributed by atoms with van der Waals surface area (Å²) in [5.74, 6) is 2.11. The van der Waals surface area contributed by atoms with Crippen molar-refractivity contribution in [2.45, 2.75) is 182 Å². The molecule has 4 fully saturated rings. The topological polar surface area (TPSA) is 154 Å². The normalized spacial score (nSPS) is 16.3. The molecule has 2 radical (unpaired) electrons. The van der Waals surface area contributed by atoms with Crippen molar-refractivity contribution < 1.29 is 91.0 Å². The van der Waals surface area contributed by atoms with E-state index in [1.807, 2.05) is 118 Å². The number of aromatic nitrogens is 12. The summed E-state index contributed by atoms with van der Waals surface area (Å²) in [6.45, 7) is 12.0. The Hall–Kier alpha value is -7.45. The van der Waals surface area contributed by atoms with Crippen LogP contribution in [0.25, 0.3) is 82.6 Å². The van der Waals surface area contributed by atoms with Crippen LogP contribution in [0.2, 0.25) is 0 Å². The SMILES string of the molecule is CC(c1ccc2c(-n3ncc4ccccc43)[c-]sc2c1)C1(C)CCCC1.CC1(Cc2ccnn2-c2[c-]cccc2)CCCC1.CC1(Cc2nc3c[c-]c(-n4cccn4)cc3o2)CCCCC1.CCC1(Cc2ccnn2-c2[c-]ocn2)CCCCC1.[Ir].[Ir].[Ni].[Pt].[c-]1ccc2c(oc3ccccc32)c1-n1cccn1. The first kappa shape index (κ1) is 80.6. The van der Waals surface area contributed by atoms with Gasteiger partial charge in [-0.3, -0.25) is 35.0 Å². The van der Waals surface area contributed by atoms with E-state index in [-0.39, 0.29) is 77.8 Å². The minimum Gasteiger partial charge on any atom is -0.630 e. The largest absolute Gasteiger partial charge is 0.630 e. The number of hydrogen-bond donors (Lipinski definition) is 0. The molecule has 0 N–H and O–H groups in total. The zero-order valence-electron chi connectivity index (χ0n) is 61.3. The van der Waals surface area contributed by atoms with Crippen LogP contribution >= 0.6 is 11.3 Å². The third-order valence-corrected chi connectivity index (χ3v) is 23.7. The van der Waals surface area contributed by atoms with Crippen LogP contribution in [-0.4, -0.2) is 58.9 Å². The van der Waals surface area contributed by atoms with Gasteiger partial charge >= 0.3 is 0 Å². The van der Waals surface area contributed by atoms with Crippen LogP contribution in [0.15, 0.2) is 203 Å². The first-order chi connectivity index (χ1) is 50.4. The Bertz CT molecular complexity index is 5210. The molecule has 19 rings (SSSR count). The molecular weight excluding hydrogens is 1930 g/mol. The molecule has 4 saturated carbocycles. The summed E-state index contributed by atoms with van der Waals surface area (Å²) in [5, 5.41) is 30.0. The Kier molecular flexibility index (Phi) is 27.4. The number of thiophene rings is 1. The molecule has 20 heteroatoms. The summed E-state index contributed by atoms with van der Waals surface area (Å²) in [5.41, 5.74) is 14.1. The molecule has 107 heavy (non-hydrogen) atoms. The molecule has 4 aliphatic carbocycles. The van der Waals surface area contributed by atoms with Gasteiger partial charge in [-0.05, 0) is 163 Å². The van der Waals surface area contributed by atoms with Gasteiger partial charge in [0.25, 0.3) is 0 Å². The van der Waals surface area contributed by atoms with Gasteiger partial charge in [0.15, 0.2) is 5.89 Å². The van der Waals surface area contributed by atoms with E-state index in [0.717, 1.165) is 86.5 Å². The molecule has 15 aromatic rings. The number of rotatable bonds is 14. The van der Waals surface area contributed by atoms with Crippen LogP contribution in [0.5, 0.6) is 0 Å². The Labute approximate surface area is 683 Å². The number of hydrogen-bond acceptors (Lipinski definition) is 11. The van der Waals surface area contributed by atoms with Crippen molar-refractivity contribution in [2.75, 3.05) is 0 Å². The third kappa shape index (κ3) is 18.4. The summed E-state index contributed by atoms with van der Waals surface area (Å²) in [6.07, 6.45) is 45.7. The summed E-state index contributed by atoms with van der Waals surface area (Å²) in [6, 6.07) is 56.8. The van der Waals surface area contributed by atoms with Gasteiger partial charge in [-0.15, -0.1) is 40.4 Å². The minimum absolute atomic E-state index is 0. The Morgan fingerprint density at radius 1 is 0.551 bits per heavy atom. The molecule has 9 heterocycles. The van der Waals surface area contributed by atoms with E-state index >= 15 is 0 Å². The van der Waals surface area contributed by atoms with Gasteiger partial charge in [0.2, 0.25) is 0 Å². The second-order valence-corrected chi connectivity index (χ2v) is 30.9. The van der Waals surface area contributed by atoms with Crippen LogP contribution in [0.1, 0.15) is 185 Å². The molecule has 0 amide bonds. The van der Waals surface area contributed by atoms with Crippen LogP contribution in [0, 0.1) is 51.5 Å². The van der Waals surface area contributed by atoms with E-state index < -0.39 is 0 Å². The van der Waals surface area contributed by atoms with E-state index in [0.29, 0.717) is 33.4 Å². The van der Waals surface area contributed by atoms with Crippen molar-refractivity contribution in [2.24, 2.45) is 21.7 Å². The first-order valence-electron chi connectivity index (χ1n) is 37.3. The van der Waals surface area contributed by atoms with E-state index in [2.05, 4.69) is 167 Å². The van der Waals surface area contributed by atoms with Gasteiger partial charge in [0.05, 0.1) is 17.5 Å². The molecule has 1 unspecified atom stereocenters. The second-order valence-electron chi connectivity index (χ2n) is 30.1. The van der Waals surface area contributed by atoms with E-state index in [1.54, 1.807) is 33.1 Å².